The molecule has 2 aromatic rings. The van der Waals surface area contributed by atoms with E-state index in [2.05, 4.69) is 21.7 Å². The molecule has 1 fully saturated rings. The molecular formula is C17H19N3OS. The predicted molar refractivity (Wildman–Crippen MR) is 89.0 cm³/mol. The van der Waals surface area contributed by atoms with E-state index in [1.807, 2.05) is 12.1 Å². The van der Waals surface area contributed by atoms with Crippen molar-refractivity contribution >= 4 is 22.9 Å². The summed E-state index contributed by atoms with van der Waals surface area (Å²) in [4.78, 5) is 18.7. The number of aromatic nitrogens is 1. The number of hydrogen-bond acceptors (Lipinski definition) is 4. The molecule has 3 heterocycles. The lowest BCUT2D eigenvalue weighted by atomic mass is 10.1. The molecule has 114 valence electrons. The number of benzene rings is 1. The van der Waals surface area contributed by atoms with Gasteiger partial charge in [0, 0.05) is 16.6 Å². The normalized spacial score (nSPS) is 18.3. The van der Waals surface area contributed by atoms with E-state index in [1.165, 1.54) is 37.4 Å². The van der Waals surface area contributed by atoms with Crippen LogP contribution in [0.2, 0.25) is 0 Å². The minimum atomic E-state index is 0.0798. The average Bonchev–Trinajstić information content (AvgIpc) is 3.13. The van der Waals surface area contributed by atoms with Crippen molar-refractivity contribution in [3.63, 3.8) is 0 Å². The van der Waals surface area contributed by atoms with Crippen LogP contribution in [0.15, 0.2) is 23.6 Å². The highest BCUT2D eigenvalue weighted by atomic mass is 32.1. The Morgan fingerprint density at radius 2 is 2.09 bits per heavy atom. The molecule has 4 rings (SSSR count). The van der Waals surface area contributed by atoms with Gasteiger partial charge in [0.2, 0.25) is 5.91 Å². The van der Waals surface area contributed by atoms with Crippen LogP contribution in [0.1, 0.15) is 29.8 Å². The van der Waals surface area contributed by atoms with Crippen LogP contribution in [0.25, 0.3) is 11.3 Å². The molecule has 1 aromatic carbocycles. The summed E-state index contributed by atoms with van der Waals surface area (Å²) in [5.74, 6) is 0.0798. The second-order valence-corrected chi connectivity index (χ2v) is 7.00. The fourth-order valence-corrected chi connectivity index (χ4v) is 4.06. The minimum Gasteiger partial charge on any atom is -0.326 e. The fraction of sp³-hybridized carbons (Fsp3) is 0.412. The van der Waals surface area contributed by atoms with E-state index in [-0.39, 0.29) is 5.91 Å². The number of likely N-dealkylation sites (tertiary alicyclic amines) is 1. The predicted octanol–water partition coefficient (Wildman–Crippen LogP) is 3.29. The Morgan fingerprint density at radius 3 is 2.95 bits per heavy atom. The number of rotatable bonds is 3. The van der Waals surface area contributed by atoms with Gasteiger partial charge in [0.1, 0.15) is 5.01 Å². The number of fused-ring (bicyclic) bond motifs is 1. The Hall–Kier alpha value is -1.72. The van der Waals surface area contributed by atoms with E-state index in [9.17, 15) is 4.79 Å². The summed E-state index contributed by atoms with van der Waals surface area (Å²) in [7, 11) is 0. The van der Waals surface area contributed by atoms with Gasteiger partial charge in [-0.1, -0.05) is 12.5 Å². The molecule has 2 aliphatic rings. The van der Waals surface area contributed by atoms with Crippen LogP contribution in [-0.4, -0.2) is 28.9 Å². The second-order valence-electron chi connectivity index (χ2n) is 6.06. The molecular weight excluding hydrogens is 294 g/mol. The number of nitrogens with one attached hydrogen (secondary N) is 1. The quantitative estimate of drug-likeness (QED) is 0.946. The van der Waals surface area contributed by atoms with Gasteiger partial charge < -0.3 is 5.32 Å². The Labute approximate surface area is 134 Å². The SMILES string of the molecule is O=C1Cc2cc(-c3csc(CN4CCCCC4)n3)ccc2N1. The molecule has 0 aliphatic carbocycles. The zero-order chi connectivity index (χ0) is 14.9. The number of amides is 1. The fourth-order valence-electron chi connectivity index (χ4n) is 3.21. The molecule has 2 aliphatic heterocycles. The first-order chi connectivity index (χ1) is 10.8. The second kappa shape index (κ2) is 5.82. The first-order valence-corrected chi connectivity index (χ1v) is 8.76. The maximum atomic E-state index is 11.4. The van der Waals surface area contributed by atoms with E-state index in [0.29, 0.717) is 6.42 Å². The van der Waals surface area contributed by atoms with Gasteiger partial charge in [-0.05, 0) is 43.6 Å². The van der Waals surface area contributed by atoms with Crippen molar-refractivity contribution < 1.29 is 4.79 Å². The van der Waals surface area contributed by atoms with Crippen molar-refractivity contribution in [2.24, 2.45) is 0 Å². The van der Waals surface area contributed by atoms with Crippen molar-refractivity contribution in [2.75, 3.05) is 18.4 Å². The Balaban J connectivity index is 1.51. The molecule has 5 heteroatoms. The summed E-state index contributed by atoms with van der Waals surface area (Å²) >= 11 is 1.74. The third-order valence-electron chi connectivity index (χ3n) is 4.39. The third kappa shape index (κ3) is 2.78. The maximum Gasteiger partial charge on any atom is 0.228 e. The van der Waals surface area contributed by atoms with E-state index >= 15 is 0 Å². The molecule has 0 radical (unpaired) electrons. The summed E-state index contributed by atoms with van der Waals surface area (Å²) in [6.45, 7) is 3.36. The summed E-state index contributed by atoms with van der Waals surface area (Å²) in [5, 5.41) is 6.19. The Bertz CT molecular complexity index is 704. The lowest BCUT2D eigenvalue weighted by molar-refractivity contribution is -0.115. The van der Waals surface area contributed by atoms with Crippen molar-refractivity contribution in [3.05, 3.63) is 34.2 Å². The molecule has 1 saturated heterocycles. The van der Waals surface area contributed by atoms with Crippen LogP contribution in [0.4, 0.5) is 5.69 Å². The van der Waals surface area contributed by atoms with Crippen LogP contribution < -0.4 is 5.32 Å². The third-order valence-corrected chi connectivity index (χ3v) is 5.22. The van der Waals surface area contributed by atoms with E-state index < -0.39 is 0 Å². The van der Waals surface area contributed by atoms with Gasteiger partial charge in [-0.3, -0.25) is 9.69 Å². The van der Waals surface area contributed by atoms with E-state index in [0.717, 1.165) is 29.1 Å². The van der Waals surface area contributed by atoms with Crippen LogP contribution in [0, 0.1) is 0 Å². The lowest BCUT2D eigenvalue weighted by Crippen LogP contribution is -2.28. The molecule has 0 bridgehead atoms. The molecule has 1 amide bonds. The summed E-state index contributed by atoms with van der Waals surface area (Å²) in [6.07, 6.45) is 4.46. The molecule has 0 unspecified atom stereocenters. The molecule has 4 nitrogen and oxygen atoms in total. The average molecular weight is 313 g/mol. The molecule has 0 saturated carbocycles. The Morgan fingerprint density at radius 1 is 1.23 bits per heavy atom. The van der Waals surface area contributed by atoms with Crippen molar-refractivity contribution in [1.29, 1.82) is 0 Å². The van der Waals surface area contributed by atoms with Gasteiger partial charge in [-0.15, -0.1) is 11.3 Å². The standard InChI is InChI=1S/C17H19N3OS/c21-16-9-13-8-12(4-5-14(13)18-16)15-11-22-17(19-15)10-20-6-2-1-3-7-20/h4-5,8,11H,1-3,6-7,9-10H2,(H,18,21). The van der Waals surface area contributed by atoms with Crippen LogP contribution in [0.5, 0.6) is 0 Å². The highest BCUT2D eigenvalue weighted by Crippen LogP contribution is 2.30. The molecule has 22 heavy (non-hydrogen) atoms. The first-order valence-electron chi connectivity index (χ1n) is 7.88. The number of carbonyl (C=O) groups is 1. The lowest BCUT2D eigenvalue weighted by Gasteiger charge is -2.25. The zero-order valence-electron chi connectivity index (χ0n) is 12.5. The number of piperidine rings is 1. The summed E-state index contributed by atoms with van der Waals surface area (Å²) < 4.78 is 0. The monoisotopic (exact) mass is 313 g/mol. The number of anilines is 1. The van der Waals surface area contributed by atoms with E-state index in [1.54, 1.807) is 11.3 Å². The zero-order valence-corrected chi connectivity index (χ0v) is 13.3. The number of carbonyl (C=O) groups excluding carboxylic acids is 1. The van der Waals surface area contributed by atoms with E-state index in [4.69, 9.17) is 4.98 Å². The van der Waals surface area contributed by atoms with Crippen molar-refractivity contribution in [1.82, 2.24) is 9.88 Å². The van der Waals surface area contributed by atoms with Crippen LogP contribution in [0.3, 0.4) is 0 Å². The topological polar surface area (TPSA) is 45.2 Å². The van der Waals surface area contributed by atoms with Gasteiger partial charge in [-0.25, -0.2) is 4.98 Å². The van der Waals surface area contributed by atoms with Gasteiger partial charge in [0.25, 0.3) is 0 Å². The number of nitrogens with zero attached hydrogens (tertiary/aromatic N) is 2. The van der Waals surface area contributed by atoms with Gasteiger partial charge in [0.05, 0.1) is 18.7 Å². The highest BCUT2D eigenvalue weighted by Gasteiger charge is 2.18. The number of thiazole rings is 1. The first kappa shape index (κ1) is 13.9. The number of hydrogen-bond donors (Lipinski definition) is 1. The van der Waals surface area contributed by atoms with Gasteiger partial charge >= 0.3 is 0 Å². The van der Waals surface area contributed by atoms with Gasteiger partial charge in [-0.2, -0.15) is 0 Å². The maximum absolute atomic E-state index is 11.4. The summed E-state index contributed by atoms with van der Waals surface area (Å²) in [5.41, 5.74) is 4.15. The molecule has 1 aromatic heterocycles. The van der Waals surface area contributed by atoms with Crippen molar-refractivity contribution in [2.45, 2.75) is 32.2 Å². The van der Waals surface area contributed by atoms with Crippen LogP contribution in [-0.2, 0) is 17.8 Å². The van der Waals surface area contributed by atoms with Crippen molar-refractivity contribution in [3.8, 4) is 11.3 Å². The Kier molecular flexibility index (Phi) is 3.68. The smallest absolute Gasteiger partial charge is 0.228 e. The summed E-state index contributed by atoms with van der Waals surface area (Å²) in [6, 6.07) is 6.12. The molecule has 0 atom stereocenters. The molecule has 1 N–H and O–H groups in total. The molecule has 0 spiro atoms. The minimum absolute atomic E-state index is 0.0798. The van der Waals surface area contributed by atoms with Gasteiger partial charge in [0.15, 0.2) is 0 Å². The largest absolute Gasteiger partial charge is 0.326 e. The van der Waals surface area contributed by atoms with Crippen LogP contribution >= 0.6 is 11.3 Å². The highest BCUT2D eigenvalue weighted by molar-refractivity contribution is 7.09.